The van der Waals surface area contributed by atoms with E-state index in [-0.39, 0.29) is 0 Å². The second-order valence-corrected chi connectivity index (χ2v) is 4.94. The molecular formula is C10H16O. The summed E-state index contributed by atoms with van der Waals surface area (Å²) in [5, 5.41) is 0. The summed E-state index contributed by atoms with van der Waals surface area (Å²) in [6.07, 6.45) is 2.00. The van der Waals surface area contributed by atoms with Crippen LogP contribution in [-0.4, -0.2) is 5.78 Å². The van der Waals surface area contributed by atoms with E-state index in [0.717, 1.165) is 12.3 Å². The van der Waals surface area contributed by atoms with E-state index in [9.17, 15) is 4.79 Å². The van der Waals surface area contributed by atoms with E-state index in [0.29, 0.717) is 23.0 Å². The van der Waals surface area contributed by atoms with Gasteiger partial charge in [-0.3, -0.25) is 4.79 Å². The molecule has 0 N–H and O–H groups in total. The molecule has 3 rings (SSSR count). The Morgan fingerprint density at radius 3 is 2.45 bits per heavy atom. The Balaban J connectivity index is 2.25. The summed E-state index contributed by atoms with van der Waals surface area (Å²) in [5.74, 6) is 2.45. The molecule has 3 atom stereocenters. The highest BCUT2D eigenvalue weighted by Crippen LogP contribution is 2.57. The quantitative estimate of drug-likeness (QED) is 0.520. The third kappa shape index (κ3) is 0.800. The monoisotopic (exact) mass is 152 g/mol. The molecule has 0 radical (unpaired) electrons. The molecule has 3 unspecified atom stereocenters. The molecule has 0 aliphatic heterocycles. The lowest BCUT2D eigenvalue weighted by atomic mass is 9.48. The maximum Gasteiger partial charge on any atom is 0.136 e. The zero-order valence-electron chi connectivity index (χ0n) is 7.55. The summed E-state index contributed by atoms with van der Waals surface area (Å²) in [4.78, 5) is 11.5. The van der Waals surface area contributed by atoms with Gasteiger partial charge in [-0.1, -0.05) is 20.8 Å². The normalized spacial score (nSPS) is 46.8. The van der Waals surface area contributed by atoms with Gasteiger partial charge >= 0.3 is 0 Å². The van der Waals surface area contributed by atoms with Crippen molar-refractivity contribution in [3.63, 3.8) is 0 Å². The fourth-order valence-electron chi connectivity index (χ4n) is 2.95. The molecule has 0 aromatic carbocycles. The summed E-state index contributed by atoms with van der Waals surface area (Å²) in [5.41, 5.74) is 0.297. The van der Waals surface area contributed by atoms with Crippen LogP contribution < -0.4 is 0 Å². The maximum absolute atomic E-state index is 11.5. The maximum atomic E-state index is 11.5. The third-order valence-electron chi connectivity index (χ3n) is 3.82. The van der Waals surface area contributed by atoms with Crippen molar-refractivity contribution in [2.75, 3.05) is 0 Å². The Hall–Kier alpha value is -0.330. The Labute approximate surface area is 68.2 Å². The molecule has 0 heterocycles. The molecule has 3 aliphatic rings. The minimum Gasteiger partial charge on any atom is -0.299 e. The lowest BCUT2D eigenvalue weighted by molar-refractivity contribution is -0.150. The number of carbonyl (C=O) groups excluding carboxylic acids is 1. The van der Waals surface area contributed by atoms with Crippen LogP contribution in [0, 0.1) is 23.2 Å². The van der Waals surface area contributed by atoms with E-state index in [4.69, 9.17) is 0 Å². The number of fused-ring (bicyclic) bond motifs is 2. The van der Waals surface area contributed by atoms with Crippen molar-refractivity contribution in [1.29, 1.82) is 0 Å². The van der Waals surface area contributed by atoms with Crippen LogP contribution in [0.1, 0.15) is 33.6 Å². The van der Waals surface area contributed by atoms with Crippen LogP contribution in [0.3, 0.4) is 0 Å². The van der Waals surface area contributed by atoms with Gasteiger partial charge < -0.3 is 0 Å². The first-order valence-corrected chi connectivity index (χ1v) is 4.55. The second kappa shape index (κ2) is 1.88. The van der Waals surface area contributed by atoms with Gasteiger partial charge in [-0.15, -0.1) is 0 Å². The zero-order valence-corrected chi connectivity index (χ0v) is 7.55. The SMILES string of the molecule is CC1C2CC1C(C)(C)CC2=O. The lowest BCUT2D eigenvalue weighted by Crippen LogP contribution is -2.53. The van der Waals surface area contributed by atoms with Crippen molar-refractivity contribution in [3.05, 3.63) is 0 Å². The number of hydrogen-bond acceptors (Lipinski definition) is 1. The highest BCUT2D eigenvalue weighted by molar-refractivity contribution is 5.84. The fraction of sp³-hybridized carbons (Fsp3) is 0.900. The van der Waals surface area contributed by atoms with Gasteiger partial charge in [0.1, 0.15) is 5.78 Å². The largest absolute Gasteiger partial charge is 0.299 e. The molecule has 0 aromatic rings. The van der Waals surface area contributed by atoms with Gasteiger partial charge in [-0.25, -0.2) is 0 Å². The summed E-state index contributed by atoms with van der Waals surface area (Å²) >= 11 is 0. The predicted molar refractivity (Wildman–Crippen MR) is 44.2 cm³/mol. The number of rotatable bonds is 0. The fourth-order valence-corrected chi connectivity index (χ4v) is 2.95. The van der Waals surface area contributed by atoms with Crippen molar-refractivity contribution in [2.45, 2.75) is 33.6 Å². The minimum absolute atomic E-state index is 0.297. The first-order valence-electron chi connectivity index (χ1n) is 4.55. The number of carbonyl (C=O) groups is 1. The molecule has 3 aliphatic carbocycles. The van der Waals surface area contributed by atoms with E-state index >= 15 is 0 Å². The molecule has 0 aromatic heterocycles. The van der Waals surface area contributed by atoms with E-state index in [1.165, 1.54) is 6.42 Å². The van der Waals surface area contributed by atoms with Gasteiger partial charge in [0.15, 0.2) is 0 Å². The van der Waals surface area contributed by atoms with Crippen LogP contribution in [0.15, 0.2) is 0 Å². The van der Waals surface area contributed by atoms with E-state index in [2.05, 4.69) is 20.8 Å². The van der Waals surface area contributed by atoms with Crippen molar-refractivity contribution in [2.24, 2.45) is 23.2 Å². The molecular weight excluding hydrogens is 136 g/mol. The van der Waals surface area contributed by atoms with Crippen LogP contribution in [0.25, 0.3) is 0 Å². The lowest BCUT2D eigenvalue weighted by Gasteiger charge is -2.55. The standard InChI is InChI=1S/C10H16O/c1-6-7-4-8(6)10(2,3)5-9(7)11/h6-8H,4-5H2,1-3H3. The number of Topliss-reactive ketones (excluding diaryl/α,β-unsaturated/α-hetero) is 1. The van der Waals surface area contributed by atoms with Gasteiger partial charge in [0.2, 0.25) is 0 Å². The Morgan fingerprint density at radius 1 is 1.45 bits per heavy atom. The molecule has 3 saturated carbocycles. The van der Waals surface area contributed by atoms with Crippen molar-refractivity contribution < 1.29 is 4.79 Å². The van der Waals surface area contributed by atoms with Crippen LogP contribution >= 0.6 is 0 Å². The zero-order chi connectivity index (χ0) is 8.22. The van der Waals surface area contributed by atoms with Crippen molar-refractivity contribution in [1.82, 2.24) is 0 Å². The second-order valence-electron chi connectivity index (χ2n) is 4.94. The van der Waals surface area contributed by atoms with Gasteiger partial charge in [0.05, 0.1) is 0 Å². The summed E-state index contributed by atoms with van der Waals surface area (Å²) in [6, 6.07) is 0. The average molecular weight is 152 g/mol. The smallest absolute Gasteiger partial charge is 0.136 e. The Morgan fingerprint density at radius 2 is 2.09 bits per heavy atom. The molecule has 3 fully saturated rings. The van der Waals surface area contributed by atoms with E-state index < -0.39 is 0 Å². The molecule has 0 spiro atoms. The van der Waals surface area contributed by atoms with Gasteiger partial charge in [0, 0.05) is 12.3 Å². The third-order valence-corrected chi connectivity index (χ3v) is 3.82. The summed E-state index contributed by atoms with van der Waals surface area (Å²) in [7, 11) is 0. The molecule has 62 valence electrons. The molecule has 11 heavy (non-hydrogen) atoms. The summed E-state index contributed by atoms with van der Waals surface area (Å²) < 4.78 is 0. The van der Waals surface area contributed by atoms with E-state index in [1.54, 1.807) is 0 Å². The molecule has 2 bridgehead atoms. The first-order chi connectivity index (χ1) is 5.02. The summed E-state index contributed by atoms with van der Waals surface area (Å²) in [6.45, 7) is 6.71. The average Bonchev–Trinajstić information content (AvgIpc) is 1.80. The molecule has 0 saturated heterocycles. The van der Waals surface area contributed by atoms with E-state index in [1.807, 2.05) is 0 Å². The van der Waals surface area contributed by atoms with Crippen LogP contribution in [0.2, 0.25) is 0 Å². The topological polar surface area (TPSA) is 17.1 Å². The van der Waals surface area contributed by atoms with Gasteiger partial charge in [-0.2, -0.15) is 0 Å². The highest BCUT2D eigenvalue weighted by Gasteiger charge is 2.54. The highest BCUT2D eigenvalue weighted by atomic mass is 16.1. The molecule has 0 amide bonds. The van der Waals surface area contributed by atoms with Crippen LogP contribution in [0.4, 0.5) is 0 Å². The van der Waals surface area contributed by atoms with Crippen molar-refractivity contribution >= 4 is 5.78 Å². The van der Waals surface area contributed by atoms with Gasteiger partial charge in [-0.05, 0) is 23.7 Å². The van der Waals surface area contributed by atoms with Crippen LogP contribution in [-0.2, 0) is 4.79 Å². The minimum atomic E-state index is 0.297. The first kappa shape index (κ1) is 7.33. The molecule has 1 nitrogen and oxygen atoms in total. The molecule has 1 heteroatoms. The Kier molecular flexibility index (Phi) is 1.25. The van der Waals surface area contributed by atoms with Crippen LogP contribution in [0.5, 0.6) is 0 Å². The number of hydrogen-bond donors (Lipinski definition) is 0. The Bertz CT molecular complexity index is 205. The van der Waals surface area contributed by atoms with Gasteiger partial charge in [0.25, 0.3) is 0 Å². The number of ketones is 1. The predicted octanol–water partition coefficient (Wildman–Crippen LogP) is 2.26. The van der Waals surface area contributed by atoms with Crippen molar-refractivity contribution in [3.8, 4) is 0 Å².